The Morgan fingerprint density at radius 3 is 2.32 bits per heavy atom. The lowest BCUT2D eigenvalue weighted by molar-refractivity contribution is -0.122. The molecule has 4 aromatic rings. The number of carbonyl (C=O) groups excluding carboxylic acids is 2. The first-order valence-electron chi connectivity index (χ1n) is 12.9. The van der Waals surface area contributed by atoms with Crippen LogP contribution in [0, 0.1) is 5.92 Å². The van der Waals surface area contributed by atoms with Crippen molar-refractivity contribution in [1.29, 1.82) is 0 Å². The van der Waals surface area contributed by atoms with Crippen LogP contribution in [0.1, 0.15) is 30.9 Å². The van der Waals surface area contributed by atoms with Gasteiger partial charge in [-0.2, -0.15) is 0 Å². The predicted molar refractivity (Wildman–Crippen MR) is 143 cm³/mol. The van der Waals surface area contributed by atoms with Crippen LogP contribution in [-0.2, 0) is 22.4 Å². The summed E-state index contributed by atoms with van der Waals surface area (Å²) in [6, 6.07) is 18.0. The predicted octanol–water partition coefficient (Wildman–Crippen LogP) is 4.79. The molecule has 7 heteroatoms. The first-order chi connectivity index (χ1) is 18.1. The van der Waals surface area contributed by atoms with Crippen molar-refractivity contribution in [1.82, 2.24) is 10.6 Å². The van der Waals surface area contributed by atoms with E-state index in [4.69, 9.17) is 13.9 Å². The molecule has 5 rings (SSSR count). The van der Waals surface area contributed by atoms with Crippen LogP contribution in [0.4, 0.5) is 0 Å². The van der Waals surface area contributed by atoms with Crippen LogP contribution in [0.3, 0.4) is 0 Å². The van der Waals surface area contributed by atoms with Crippen LogP contribution in [0.15, 0.2) is 65.3 Å². The molecule has 0 aliphatic heterocycles. The highest BCUT2D eigenvalue weighted by atomic mass is 16.5. The third kappa shape index (κ3) is 6.42. The summed E-state index contributed by atoms with van der Waals surface area (Å²) in [7, 11) is 0. The van der Waals surface area contributed by atoms with Crippen LogP contribution in [0.2, 0.25) is 0 Å². The van der Waals surface area contributed by atoms with Crippen LogP contribution in [0.5, 0.6) is 11.5 Å². The molecule has 0 unspecified atom stereocenters. The number of ether oxygens (including phenoxy) is 2. The minimum atomic E-state index is -0.0234. The fraction of sp³-hybridized carbons (Fsp3) is 0.333. The second-order valence-electron chi connectivity index (χ2n) is 9.46. The first kappa shape index (κ1) is 24.7. The number of hydrogen-bond donors (Lipinski definition) is 2. The van der Waals surface area contributed by atoms with Gasteiger partial charge >= 0.3 is 0 Å². The average Bonchev–Trinajstić information content (AvgIpc) is 3.68. The monoisotopic (exact) mass is 500 g/mol. The summed E-state index contributed by atoms with van der Waals surface area (Å²) in [4.78, 5) is 23.1. The number of rotatable bonds is 12. The molecule has 2 amide bonds. The molecule has 2 N–H and O–H groups in total. The van der Waals surface area contributed by atoms with Crippen LogP contribution in [-0.4, -0.2) is 38.1 Å². The van der Waals surface area contributed by atoms with Crippen molar-refractivity contribution in [3.63, 3.8) is 0 Å². The molecule has 1 aliphatic rings. The molecular weight excluding hydrogens is 468 g/mol. The fourth-order valence-electron chi connectivity index (χ4n) is 4.47. The molecule has 1 fully saturated rings. The van der Waals surface area contributed by atoms with Gasteiger partial charge in [0.1, 0.15) is 30.3 Å². The highest BCUT2D eigenvalue weighted by Crippen LogP contribution is 2.29. The summed E-state index contributed by atoms with van der Waals surface area (Å²) in [5.74, 6) is 1.88. The second kappa shape index (κ2) is 11.4. The van der Waals surface area contributed by atoms with Crippen LogP contribution >= 0.6 is 0 Å². The molecule has 0 spiro atoms. The maximum atomic E-state index is 11.9. The zero-order valence-corrected chi connectivity index (χ0v) is 21.0. The van der Waals surface area contributed by atoms with Crippen molar-refractivity contribution in [2.24, 2.45) is 5.92 Å². The summed E-state index contributed by atoms with van der Waals surface area (Å²) in [5.41, 5.74) is 3.03. The summed E-state index contributed by atoms with van der Waals surface area (Å²) in [6.07, 6.45) is 5.24. The smallest absolute Gasteiger partial charge is 0.223 e. The third-order valence-corrected chi connectivity index (χ3v) is 6.60. The summed E-state index contributed by atoms with van der Waals surface area (Å²) in [5, 5.41) is 9.12. The average molecular weight is 501 g/mol. The highest BCUT2D eigenvalue weighted by molar-refractivity contribution is 5.87. The van der Waals surface area contributed by atoms with Gasteiger partial charge in [0.15, 0.2) is 0 Å². The number of furan rings is 1. The van der Waals surface area contributed by atoms with Gasteiger partial charge < -0.3 is 24.5 Å². The van der Waals surface area contributed by atoms with E-state index in [0.29, 0.717) is 32.7 Å². The van der Waals surface area contributed by atoms with E-state index in [2.05, 4.69) is 28.8 Å². The van der Waals surface area contributed by atoms with E-state index in [1.54, 1.807) is 6.26 Å². The molecule has 1 saturated carbocycles. The number of fused-ring (bicyclic) bond motifs is 2. The van der Waals surface area contributed by atoms with Crippen molar-refractivity contribution in [3.05, 3.63) is 72.0 Å². The van der Waals surface area contributed by atoms with Gasteiger partial charge in [0, 0.05) is 36.9 Å². The van der Waals surface area contributed by atoms with Gasteiger partial charge in [0.25, 0.3) is 0 Å². The first-order valence-corrected chi connectivity index (χ1v) is 12.9. The van der Waals surface area contributed by atoms with Crippen molar-refractivity contribution in [2.45, 2.75) is 32.6 Å². The zero-order chi connectivity index (χ0) is 25.6. The minimum absolute atomic E-state index is 0.0234. The van der Waals surface area contributed by atoms with Gasteiger partial charge in [0.2, 0.25) is 11.8 Å². The Hall–Kier alpha value is -4.00. The molecule has 0 saturated heterocycles. The van der Waals surface area contributed by atoms with E-state index in [9.17, 15) is 9.59 Å². The van der Waals surface area contributed by atoms with Gasteiger partial charge in [0.05, 0.1) is 6.26 Å². The number of amides is 2. The van der Waals surface area contributed by atoms with Gasteiger partial charge in [-0.1, -0.05) is 24.3 Å². The Morgan fingerprint density at radius 1 is 0.865 bits per heavy atom. The van der Waals surface area contributed by atoms with E-state index in [1.807, 2.05) is 36.4 Å². The Morgan fingerprint density at radius 2 is 1.57 bits per heavy atom. The van der Waals surface area contributed by atoms with E-state index in [1.165, 1.54) is 12.5 Å². The molecule has 0 radical (unpaired) electrons. The summed E-state index contributed by atoms with van der Waals surface area (Å²) >= 11 is 0. The van der Waals surface area contributed by atoms with Crippen molar-refractivity contribution >= 4 is 33.6 Å². The molecule has 192 valence electrons. The Balaban J connectivity index is 1.14. The molecule has 0 atom stereocenters. The minimum Gasteiger partial charge on any atom is -0.490 e. The topological polar surface area (TPSA) is 89.8 Å². The summed E-state index contributed by atoms with van der Waals surface area (Å²) < 4.78 is 17.6. The van der Waals surface area contributed by atoms with Gasteiger partial charge in [-0.25, -0.2) is 0 Å². The van der Waals surface area contributed by atoms with E-state index >= 15 is 0 Å². The molecular formula is C30H32N2O5. The van der Waals surface area contributed by atoms with Crippen LogP contribution < -0.4 is 20.1 Å². The van der Waals surface area contributed by atoms with Crippen molar-refractivity contribution < 1.29 is 23.5 Å². The molecule has 3 aromatic carbocycles. The maximum Gasteiger partial charge on any atom is 0.223 e. The highest BCUT2D eigenvalue weighted by Gasteiger charge is 2.29. The van der Waals surface area contributed by atoms with Gasteiger partial charge in [-0.05, 0) is 72.4 Å². The molecule has 1 aromatic heterocycles. The molecule has 1 aliphatic carbocycles. The van der Waals surface area contributed by atoms with E-state index in [-0.39, 0.29) is 17.7 Å². The fourth-order valence-corrected chi connectivity index (χ4v) is 4.47. The number of nitrogens with one attached hydrogen (secondary N) is 2. The second-order valence-corrected chi connectivity index (χ2v) is 9.46. The quantitative estimate of drug-likeness (QED) is 0.273. The van der Waals surface area contributed by atoms with E-state index in [0.717, 1.165) is 58.1 Å². The van der Waals surface area contributed by atoms with Gasteiger partial charge in [-0.3, -0.25) is 9.59 Å². The molecule has 0 bridgehead atoms. The molecule has 1 heterocycles. The largest absolute Gasteiger partial charge is 0.490 e. The zero-order valence-electron chi connectivity index (χ0n) is 21.0. The lowest BCUT2D eigenvalue weighted by Crippen LogP contribution is -2.26. The lowest BCUT2D eigenvalue weighted by atomic mass is 10.0. The molecule has 7 nitrogen and oxygen atoms in total. The Kier molecular flexibility index (Phi) is 7.59. The maximum absolute atomic E-state index is 11.9. The number of benzene rings is 3. The number of hydrogen-bond acceptors (Lipinski definition) is 5. The number of carbonyl (C=O) groups is 2. The Bertz CT molecular complexity index is 1410. The SMILES string of the molecule is CC(=O)NCCc1cccc2ccc(OCCOc3ccc4occ(CCNC(=O)C5CC5)c4c3)cc12. The van der Waals surface area contributed by atoms with E-state index < -0.39 is 0 Å². The van der Waals surface area contributed by atoms with Crippen molar-refractivity contribution in [3.8, 4) is 11.5 Å². The normalized spacial score (nSPS) is 13.0. The van der Waals surface area contributed by atoms with Gasteiger partial charge in [-0.15, -0.1) is 0 Å². The third-order valence-electron chi connectivity index (χ3n) is 6.60. The standard InChI is InChI=1S/C30H32N2O5/c1-20(33)31-13-11-22-4-2-3-21-7-8-25(17-27(21)22)35-15-16-36-26-9-10-29-28(18-26)24(19-37-29)12-14-32-30(34)23-5-6-23/h2-4,7-10,17-19,23H,5-6,11-16H2,1H3,(H,31,33)(H,32,34). The van der Waals surface area contributed by atoms with Crippen molar-refractivity contribution in [2.75, 3.05) is 26.3 Å². The summed E-state index contributed by atoms with van der Waals surface area (Å²) in [6.45, 7) is 3.54. The van der Waals surface area contributed by atoms with Crippen LogP contribution in [0.25, 0.3) is 21.7 Å². The Labute approximate surface area is 216 Å². The molecule has 37 heavy (non-hydrogen) atoms. The lowest BCUT2D eigenvalue weighted by Gasteiger charge is -2.11.